The van der Waals surface area contributed by atoms with Crippen LogP contribution in [-0.4, -0.2) is 57.5 Å². The Hall–Kier alpha value is -0.360. The standard InChI is InChI=1S/C11H22ClNO3.CH4O/c12-5-3-1-2-4-7-15-9-10-16-8-6-13-11-14;1-2/h11H,1-10H2,(H,13,14);2H,1H3. The van der Waals surface area contributed by atoms with E-state index in [0.29, 0.717) is 32.8 Å². The molecule has 6 heteroatoms. The summed E-state index contributed by atoms with van der Waals surface area (Å²) in [5.74, 6) is 0.753. The van der Waals surface area contributed by atoms with Crippen LogP contribution in [0.15, 0.2) is 0 Å². The van der Waals surface area contributed by atoms with E-state index in [1.54, 1.807) is 0 Å². The van der Waals surface area contributed by atoms with E-state index in [9.17, 15) is 4.79 Å². The largest absolute Gasteiger partial charge is 0.400 e. The number of carbonyl (C=O) groups is 1. The summed E-state index contributed by atoms with van der Waals surface area (Å²) < 4.78 is 10.6. The fraction of sp³-hybridized carbons (Fsp3) is 0.917. The number of halogens is 1. The van der Waals surface area contributed by atoms with E-state index in [4.69, 9.17) is 26.2 Å². The molecule has 0 radical (unpaired) electrons. The Morgan fingerprint density at radius 2 is 1.61 bits per heavy atom. The van der Waals surface area contributed by atoms with Crippen LogP contribution in [0.3, 0.4) is 0 Å². The maximum Gasteiger partial charge on any atom is 0.207 e. The molecule has 0 saturated heterocycles. The molecule has 0 spiro atoms. The van der Waals surface area contributed by atoms with Gasteiger partial charge < -0.3 is 19.9 Å². The van der Waals surface area contributed by atoms with Gasteiger partial charge in [0, 0.05) is 26.1 Å². The second kappa shape index (κ2) is 21.9. The average molecular weight is 284 g/mol. The molecule has 0 saturated carbocycles. The van der Waals surface area contributed by atoms with Crippen molar-refractivity contribution in [3.63, 3.8) is 0 Å². The summed E-state index contributed by atoms with van der Waals surface area (Å²) in [6, 6.07) is 0. The van der Waals surface area contributed by atoms with Gasteiger partial charge >= 0.3 is 0 Å². The van der Waals surface area contributed by atoms with E-state index in [1.807, 2.05) is 0 Å². The smallest absolute Gasteiger partial charge is 0.207 e. The van der Waals surface area contributed by atoms with Crippen molar-refractivity contribution in [3.05, 3.63) is 0 Å². The molecule has 0 heterocycles. The lowest BCUT2D eigenvalue weighted by molar-refractivity contribution is -0.109. The Kier molecular flexibility index (Phi) is 24.3. The van der Waals surface area contributed by atoms with Crippen LogP contribution in [0.4, 0.5) is 0 Å². The number of hydrogen-bond donors (Lipinski definition) is 2. The lowest BCUT2D eigenvalue weighted by Gasteiger charge is -2.05. The number of aliphatic hydroxyl groups excluding tert-OH is 1. The van der Waals surface area contributed by atoms with Gasteiger partial charge in [-0.25, -0.2) is 0 Å². The Balaban J connectivity index is 0. The van der Waals surface area contributed by atoms with E-state index in [-0.39, 0.29) is 0 Å². The third-order valence-electron chi connectivity index (χ3n) is 2.02. The lowest BCUT2D eigenvalue weighted by atomic mass is 10.2. The van der Waals surface area contributed by atoms with E-state index >= 15 is 0 Å². The molecule has 110 valence electrons. The summed E-state index contributed by atoms with van der Waals surface area (Å²) in [5.41, 5.74) is 0. The van der Waals surface area contributed by atoms with Gasteiger partial charge in [-0.05, 0) is 12.8 Å². The predicted molar refractivity (Wildman–Crippen MR) is 73.0 cm³/mol. The van der Waals surface area contributed by atoms with Gasteiger partial charge in [-0.3, -0.25) is 4.79 Å². The Labute approximate surface area is 115 Å². The highest BCUT2D eigenvalue weighted by molar-refractivity contribution is 6.17. The molecule has 0 aliphatic carbocycles. The van der Waals surface area contributed by atoms with Gasteiger partial charge in [0.2, 0.25) is 6.41 Å². The second-order valence-corrected chi connectivity index (χ2v) is 3.78. The first kappa shape index (κ1) is 20.0. The van der Waals surface area contributed by atoms with Crippen LogP contribution in [0.25, 0.3) is 0 Å². The number of ether oxygens (including phenoxy) is 2. The number of hydrogen-bond acceptors (Lipinski definition) is 4. The predicted octanol–water partition coefficient (Wildman–Crippen LogP) is 1.17. The first-order valence-electron chi connectivity index (χ1n) is 6.25. The SMILES string of the molecule is CO.O=CNCCOCCOCCCCCCCl. The molecule has 0 rings (SSSR count). The number of aliphatic hydroxyl groups is 1. The summed E-state index contributed by atoms with van der Waals surface area (Å²) in [6.45, 7) is 3.09. The molecule has 0 unspecified atom stereocenters. The molecule has 0 atom stereocenters. The summed E-state index contributed by atoms with van der Waals surface area (Å²) in [5, 5.41) is 9.52. The Morgan fingerprint density at radius 1 is 1.00 bits per heavy atom. The fourth-order valence-electron chi connectivity index (χ4n) is 1.16. The topological polar surface area (TPSA) is 67.8 Å². The minimum Gasteiger partial charge on any atom is -0.400 e. The molecular formula is C12H26ClNO4. The molecule has 0 aromatic rings. The third-order valence-corrected chi connectivity index (χ3v) is 2.29. The fourth-order valence-corrected chi connectivity index (χ4v) is 1.35. The van der Waals surface area contributed by atoms with E-state index in [2.05, 4.69) is 5.32 Å². The molecule has 0 aliphatic heterocycles. The molecule has 0 aromatic heterocycles. The number of alkyl halides is 1. The monoisotopic (exact) mass is 283 g/mol. The minimum absolute atomic E-state index is 0.540. The molecular weight excluding hydrogens is 258 g/mol. The van der Waals surface area contributed by atoms with E-state index < -0.39 is 0 Å². The maximum atomic E-state index is 9.89. The Bertz CT molecular complexity index is 150. The second-order valence-electron chi connectivity index (χ2n) is 3.40. The van der Waals surface area contributed by atoms with Crippen LogP contribution in [0.1, 0.15) is 25.7 Å². The summed E-state index contributed by atoms with van der Waals surface area (Å²) >= 11 is 5.56. The lowest BCUT2D eigenvalue weighted by Crippen LogP contribution is -2.18. The van der Waals surface area contributed by atoms with Gasteiger partial charge in [-0.1, -0.05) is 12.8 Å². The average Bonchev–Trinajstić information content (AvgIpc) is 2.42. The molecule has 0 aromatic carbocycles. The number of nitrogens with one attached hydrogen (secondary N) is 1. The molecule has 0 aliphatic rings. The van der Waals surface area contributed by atoms with Crippen molar-refractivity contribution in [2.75, 3.05) is 46.0 Å². The summed E-state index contributed by atoms with van der Waals surface area (Å²) in [4.78, 5) is 9.89. The van der Waals surface area contributed by atoms with Crippen LogP contribution in [0, 0.1) is 0 Å². The van der Waals surface area contributed by atoms with Gasteiger partial charge in [0.25, 0.3) is 0 Å². The number of carbonyl (C=O) groups excluding carboxylic acids is 1. The molecule has 18 heavy (non-hydrogen) atoms. The van der Waals surface area contributed by atoms with Crippen LogP contribution < -0.4 is 5.32 Å². The first-order chi connectivity index (χ1) is 8.91. The van der Waals surface area contributed by atoms with Crippen molar-refractivity contribution < 1.29 is 19.4 Å². The number of amides is 1. The zero-order valence-corrected chi connectivity index (χ0v) is 12.0. The van der Waals surface area contributed by atoms with E-state index in [1.165, 1.54) is 12.8 Å². The first-order valence-corrected chi connectivity index (χ1v) is 6.78. The van der Waals surface area contributed by atoms with Crippen molar-refractivity contribution in [1.82, 2.24) is 5.32 Å². The van der Waals surface area contributed by atoms with Crippen LogP contribution in [0.5, 0.6) is 0 Å². The minimum atomic E-state index is 0.540. The molecule has 0 fully saturated rings. The molecule has 0 bridgehead atoms. The Morgan fingerprint density at radius 3 is 2.22 bits per heavy atom. The summed E-state index contributed by atoms with van der Waals surface area (Å²) in [7, 11) is 1.00. The zero-order chi connectivity index (χ0) is 13.9. The van der Waals surface area contributed by atoms with Crippen molar-refractivity contribution in [2.45, 2.75) is 25.7 Å². The van der Waals surface area contributed by atoms with Gasteiger partial charge in [-0.15, -0.1) is 11.6 Å². The number of unbranched alkanes of at least 4 members (excludes halogenated alkanes) is 3. The maximum absolute atomic E-state index is 9.89. The number of rotatable bonds is 13. The van der Waals surface area contributed by atoms with Gasteiger partial charge in [0.1, 0.15) is 0 Å². The van der Waals surface area contributed by atoms with Gasteiger partial charge in [-0.2, -0.15) is 0 Å². The molecule has 2 N–H and O–H groups in total. The third kappa shape index (κ3) is 21.0. The zero-order valence-electron chi connectivity index (χ0n) is 11.2. The van der Waals surface area contributed by atoms with Crippen LogP contribution in [-0.2, 0) is 14.3 Å². The summed E-state index contributed by atoms with van der Waals surface area (Å²) in [6.07, 6.45) is 5.20. The highest BCUT2D eigenvalue weighted by atomic mass is 35.5. The van der Waals surface area contributed by atoms with Crippen molar-refractivity contribution in [3.8, 4) is 0 Å². The van der Waals surface area contributed by atoms with Crippen molar-refractivity contribution >= 4 is 18.0 Å². The van der Waals surface area contributed by atoms with Crippen LogP contribution >= 0.6 is 11.6 Å². The van der Waals surface area contributed by atoms with Crippen molar-refractivity contribution in [1.29, 1.82) is 0 Å². The highest BCUT2D eigenvalue weighted by Gasteiger charge is 1.91. The van der Waals surface area contributed by atoms with Crippen molar-refractivity contribution in [2.24, 2.45) is 0 Å². The van der Waals surface area contributed by atoms with Gasteiger partial charge in [0.05, 0.1) is 19.8 Å². The molecule has 1 amide bonds. The van der Waals surface area contributed by atoms with Crippen LogP contribution in [0.2, 0.25) is 0 Å². The van der Waals surface area contributed by atoms with E-state index in [0.717, 1.165) is 32.4 Å². The normalized spacial score (nSPS) is 9.50. The quantitative estimate of drug-likeness (QED) is 0.302. The highest BCUT2D eigenvalue weighted by Crippen LogP contribution is 2.00. The van der Waals surface area contributed by atoms with Gasteiger partial charge in [0.15, 0.2) is 0 Å². The molecule has 5 nitrogen and oxygen atoms in total.